The van der Waals surface area contributed by atoms with Crippen LogP contribution in [-0.2, 0) is 0 Å². The lowest BCUT2D eigenvalue weighted by Crippen LogP contribution is -2.23. The van der Waals surface area contributed by atoms with Crippen LogP contribution < -0.4 is 19.6 Å². The van der Waals surface area contributed by atoms with Crippen LogP contribution >= 0.6 is 22.7 Å². The third-order valence-electron chi connectivity index (χ3n) is 4.88. The third kappa shape index (κ3) is 5.26. The minimum absolute atomic E-state index is 0.177. The first kappa shape index (κ1) is 22.2. The second kappa shape index (κ2) is 10.6. The summed E-state index contributed by atoms with van der Waals surface area (Å²) in [6.45, 7) is 2.86. The number of ether oxygens (including phenoxy) is 2. The van der Waals surface area contributed by atoms with E-state index in [0.29, 0.717) is 33.4 Å². The Morgan fingerprint density at radius 3 is 2.78 bits per heavy atom. The Bertz CT molecular complexity index is 1310. The predicted molar refractivity (Wildman–Crippen MR) is 132 cm³/mol. The smallest absolute Gasteiger partial charge is 0.291 e. The maximum Gasteiger partial charge on any atom is 0.291 e. The average Bonchev–Trinajstić information content (AvgIpc) is 3.52. The Morgan fingerprint density at radius 2 is 2.03 bits per heavy atom. The minimum Gasteiger partial charge on any atom is -0.493 e. The van der Waals surface area contributed by atoms with Gasteiger partial charge in [0.1, 0.15) is 0 Å². The number of rotatable bonds is 10. The molecule has 0 radical (unpaired) electrons. The van der Waals surface area contributed by atoms with Gasteiger partial charge in [-0.2, -0.15) is 9.50 Å². The highest BCUT2D eigenvalue weighted by molar-refractivity contribution is 7.15. The molecule has 0 saturated heterocycles. The standard InChI is InChI=1S/C24H25N3O3S2/c1-3-4-5-6-13-30-19-11-9-17(15-20(19)29-2)16-21-23(28)27-24(32-21)25-22(26-27)12-10-18-8-7-14-31-18/h7-12,14-16H,3-6,13H2,1-2H3/b12-10+,21-16-. The van der Waals surface area contributed by atoms with Crippen molar-refractivity contribution in [2.75, 3.05) is 13.7 Å². The number of fused-ring (bicyclic) bond motifs is 1. The molecule has 0 atom stereocenters. The van der Waals surface area contributed by atoms with Crippen molar-refractivity contribution in [2.24, 2.45) is 0 Å². The van der Waals surface area contributed by atoms with Crippen LogP contribution in [0.15, 0.2) is 40.5 Å². The van der Waals surface area contributed by atoms with Crippen molar-refractivity contribution >= 4 is 45.9 Å². The van der Waals surface area contributed by atoms with Gasteiger partial charge in [0.15, 0.2) is 17.3 Å². The lowest BCUT2D eigenvalue weighted by atomic mass is 10.2. The van der Waals surface area contributed by atoms with Crippen LogP contribution in [0.25, 0.3) is 23.2 Å². The van der Waals surface area contributed by atoms with Crippen molar-refractivity contribution in [3.8, 4) is 11.5 Å². The molecule has 0 amide bonds. The van der Waals surface area contributed by atoms with Gasteiger partial charge < -0.3 is 9.47 Å². The van der Waals surface area contributed by atoms with Crippen molar-refractivity contribution in [2.45, 2.75) is 32.6 Å². The zero-order valence-corrected chi connectivity index (χ0v) is 19.7. The number of nitrogens with zero attached hydrogens (tertiary/aromatic N) is 3. The van der Waals surface area contributed by atoms with E-state index in [1.807, 2.05) is 53.9 Å². The van der Waals surface area contributed by atoms with Gasteiger partial charge in [0.25, 0.3) is 5.56 Å². The van der Waals surface area contributed by atoms with Crippen LogP contribution in [0.1, 0.15) is 48.9 Å². The first-order chi connectivity index (χ1) is 15.7. The maximum atomic E-state index is 12.8. The van der Waals surface area contributed by atoms with E-state index >= 15 is 0 Å². The van der Waals surface area contributed by atoms with E-state index in [1.54, 1.807) is 18.4 Å². The summed E-state index contributed by atoms with van der Waals surface area (Å²) in [5, 5.41) is 6.35. The van der Waals surface area contributed by atoms with E-state index in [2.05, 4.69) is 17.0 Å². The summed E-state index contributed by atoms with van der Waals surface area (Å²) in [5.74, 6) is 1.89. The first-order valence-corrected chi connectivity index (χ1v) is 12.3. The van der Waals surface area contributed by atoms with Gasteiger partial charge in [0.2, 0.25) is 4.96 Å². The SMILES string of the molecule is CCCCCCOc1ccc(/C=c2\sc3nc(/C=C/c4cccs4)nn3c2=O)cc1OC. The molecule has 0 N–H and O–H groups in total. The van der Waals surface area contributed by atoms with Gasteiger partial charge in [-0.1, -0.05) is 49.7 Å². The van der Waals surface area contributed by atoms with Crippen LogP contribution in [0.3, 0.4) is 0 Å². The Labute approximate surface area is 194 Å². The Kier molecular flexibility index (Phi) is 7.34. The molecule has 0 aliphatic heterocycles. The number of benzene rings is 1. The molecule has 4 aromatic rings. The van der Waals surface area contributed by atoms with Crippen molar-refractivity contribution in [1.82, 2.24) is 14.6 Å². The van der Waals surface area contributed by atoms with Crippen LogP contribution in [-0.4, -0.2) is 28.3 Å². The van der Waals surface area contributed by atoms with Gasteiger partial charge in [-0.3, -0.25) is 4.79 Å². The Balaban J connectivity index is 1.52. The summed E-state index contributed by atoms with van der Waals surface area (Å²) in [6.07, 6.45) is 10.2. The van der Waals surface area contributed by atoms with Gasteiger partial charge in [-0.15, -0.1) is 16.4 Å². The molecule has 3 aromatic heterocycles. The number of thiazole rings is 1. The fourth-order valence-electron chi connectivity index (χ4n) is 3.22. The van der Waals surface area contributed by atoms with E-state index in [-0.39, 0.29) is 5.56 Å². The van der Waals surface area contributed by atoms with Crippen LogP contribution in [0.4, 0.5) is 0 Å². The van der Waals surface area contributed by atoms with Gasteiger partial charge in [0.05, 0.1) is 18.2 Å². The molecule has 166 valence electrons. The quantitative estimate of drug-likeness (QED) is 0.311. The summed E-state index contributed by atoms with van der Waals surface area (Å²) >= 11 is 2.96. The molecule has 0 aliphatic carbocycles. The van der Waals surface area contributed by atoms with E-state index in [1.165, 1.54) is 28.7 Å². The molecule has 3 heterocycles. The normalized spacial score (nSPS) is 12.2. The first-order valence-electron chi connectivity index (χ1n) is 10.6. The number of hydrogen-bond acceptors (Lipinski definition) is 7. The molecule has 0 unspecified atom stereocenters. The molecule has 0 fully saturated rings. The molecule has 4 rings (SSSR count). The second-order valence-electron chi connectivity index (χ2n) is 7.25. The summed E-state index contributed by atoms with van der Waals surface area (Å²) < 4.78 is 13.3. The molecule has 1 aromatic carbocycles. The summed E-state index contributed by atoms with van der Waals surface area (Å²) in [4.78, 5) is 18.9. The van der Waals surface area contributed by atoms with E-state index < -0.39 is 0 Å². The Morgan fingerprint density at radius 1 is 1.12 bits per heavy atom. The minimum atomic E-state index is -0.177. The average molecular weight is 468 g/mol. The fourth-order valence-corrected chi connectivity index (χ4v) is 4.75. The van der Waals surface area contributed by atoms with Crippen molar-refractivity contribution in [3.05, 3.63) is 66.9 Å². The largest absolute Gasteiger partial charge is 0.493 e. The van der Waals surface area contributed by atoms with Crippen LogP contribution in [0.2, 0.25) is 0 Å². The zero-order chi connectivity index (χ0) is 22.3. The third-order valence-corrected chi connectivity index (χ3v) is 6.68. The lowest BCUT2D eigenvalue weighted by molar-refractivity contribution is 0.285. The van der Waals surface area contributed by atoms with Gasteiger partial charge in [0, 0.05) is 4.88 Å². The molecule has 0 aliphatic rings. The van der Waals surface area contributed by atoms with Crippen LogP contribution in [0.5, 0.6) is 11.5 Å². The number of methoxy groups -OCH3 is 1. The molecule has 32 heavy (non-hydrogen) atoms. The fraction of sp³-hybridized carbons (Fsp3) is 0.292. The summed E-state index contributed by atoms with van der Waals surface area (Å²) in [5.41, 5.74) is 0.683. The topological polar surface area (TPSA) is 65.7 Å². The Hall–Kier alpha value is -2.97. The van der Waals surface area contributed by atoms with Gasteiger partial charge in [-0.05, 0) is 53.8 Å². The molecular formula is C24H25N3O3S2. The van der Waals surface area contributed by atoms with E-state index in [4.69, 9.17) is 9.47 Å². The molecule has 8 heteroatoms. The molecule has 6 nitrogen and oxygen atoms in total. The highest BCUT2D eigenvalue weighted by Gasteiger charge is 2.10. The highest BCUT2D eigenvalue weighted by atomic mass is 32.1. The monoisotopic (exact) mass is 467 g/mol. The zero-order valence-electron chi connectivity index (χ0n) is 18.1. The van der Waals surface area contributed by atoms with Crippen molar-refractivity contribution < 1.29 is 9.47 Å². The predicted octanol–water partition coefficient (Wildman–Crippen LogP) is 4.90. The summed E-state index contributed by atoms with van der Waals surface area (Å²) in [6, 6.07) is 9.70. The molecule has 0 spiro atoms. The summed E-state index contributed by atoms with van der Waals surface area (Å²) in [7, 11) is 1.62. The van der Waals surface area contributed by atoms with Crippen molar-refractivity contribution in [3.63, 3.8) is 0 Å². The lowest BCUT2D eigenvalue weighted by Gasteiger charge is -2.11. The number of unbranched alkanes of at least 4 members (excludes halogenated alkanes) is 3. The van der Waals surface area contributed by atoms with Gasteiger partial charge in [-0.25, -0.2) is 0 Å². The second-order valence-corrected chi connectivity index (χ2v) is 9.24. The van der Waals surface area contributed by atoms with Crippen LogP contribution in [0, 0.1) is 0 Å². The highest BCUT2D eigenvalue weighted by Crippen LogP contribution is 2.28. The number of aromatic nitrogens is 3. The molecular weight excluding hydrogens is 442 g/mol. The number of hydrogen-bond donors (Lipinski definition) is 0. The van der Waals surface area contributed by atoms with E-state index in [0.717, 1.165) is 23.3 Å². The molecule has 0 bridgehead atoms. The van der Waals surface area contributed by atoms with Gasteiger partial charge >= 0.3 is 0 Å². The van der Waals surface area contributed by atoms with Crippen molar-refractivity contribution in [1.29, 1.82) is 0 Å². The maximum absolute atomic E-state index is 12.8. The number of thiophene rings is 1. The molecule has 0 saturated carbocycles. The van der Waals surface area contributed by atoms with E-state index in [9.17, 15) is 4.79 Å².